The predicted molar refractivity (Wildman–Crippen MR) is 97.5 cm³/mol. The van der Waals surface area contributed by atoms with Gasteiger partial charge >= 0.3 is 0 Å². The minimum absolute atomic E-state index is 0.0483. The molecule has 1 aliphatic rings. The van der Waals surface area contributed by atoms with E-state index in [0.717, 1.165) is 12.0 Å². The summed E-state index contributed by atoms with van der Waals surface area (Å²) in [4.78, 5) is 30.4. The minimum Gasteiger partial charge on any atom is -0.481 e. The number of hydrogen-bond acceptors (Lipinski definition) is 4. The van der Waals surface area contributed by atoms with Crippen LogP contribution in [0.2, 0.25) is 0 Å². The molecule has 0 spiro atoms. The number of carbonyl (C=O) groups is 2. The number of hydrogen-bond donors (Lipinski definition) is 1. The van der Waals surface area contributed by atoms with Crippen LogP contribution in [0.5, 0.6) is 5.88 Å². The second-order valence-electron chi connectivity index (χ2n) is 6.40. The summed E-state index contributed by atoms with van der Waals surface area (Å²) in [5.41, 5.74) is 2.09. The maximum atomic E-state index is 12.4. The predicted octanol–water partition coefficient (Wildman–Crippen LogP) is 1.80. The maximum Gasteiger partial charge on any atom is 0.225 e. The first-order chi connectivity index (χ1) is 12.7. The van der Waals surface area contributed by atoms with Crippen LogP contribution in [0, 0.1) is 5.92 Å². The van der Waals surface area contributed by atoms with E-state index in [-0.39, 0.29) is 24.2 Å². The van der Waals surface area contributed by atoms with E-state index in [1.807, 2.05) is 36.4 Å². The third-order valence-electron chi connectivity index (χ3n) is 4.57. The van der Waals surface area contributed by atoms with Crippen molar-refractivity contribution < 1.29 is 14.3 Å². The van der Waals surface area contributed by atoms with Crippen LogP contribution in [0.1, 0.15) is 17.5 Å². The van der Waals surface area contributed by atoms with Gasteiger partial charge in [0.25, 0.3) is 0 Å². The maximum absolute atomic E-state index is 12.4. The Bertz CT molecular complexity index is 747. The third-order valence-corrected chi connectivity index (χ3v) is 4.57. The first-order valence-electron chi connectivity index (χ1n) is 8.74. The molecule has 1 unspecified atom stereocenters. The van der Waals surface area contributed by atoms with Crippen molar-refractivity contribution in [3.63, 3.8) is 0 Å². The Hall–Kier alpha value is -2.89. The highest BCUT2D eigenvalue weighted by Crippen LogP contribution is 2.19. The van der Waals surface area contributed by atoms with Crippen molar-refractivity contribution >= 4 is 11.8 Å². The second kappa shape index (κ2) is 8.47. The fraction of sp³-hybridized carbons (Fsp3) is 0.350. The quantitative estimate of drug-likeness (QED) is 0.824. The second-order valence-corrected chi connectivity index (χ2v) is 6.40. The molecule has 2 amide bonds. The number of likely N-dealkylation sites (tertiary alicyclic amines) is 1. The molecule has 0 bridgehead atoms. The number of aromatic nitrogens is 1. The molecule has 3 rings (SSSR count). The SMILES string of the molecule is COc1ccc(CNC(=O)C2CC(=O)N(CCc3ccccc3)C2)cn1. The van der Waals surface area contributed by atoms with Gasteiger partial charge in [-0.3, -0.25) is 9.59 Å². The van der Waals surface area contributed by atoms with Gasteiger partial charge in [-0.25, -0.2) is 4.98 Å². The van der Waals surface area contributed by atoms with Crippen molar-refractivity contribution in [3.05, 3.63) is 59.8 Å². The zero-order chi connectivity index (χ0) is 18.4. The molecule has 2 aromatic rings. The lowest BCUT2D eigenvalue weighted by Crippen LogP contribution is -2.33. The van der Waals surface area contributed by atoms with Gasteiger partial charge < -0.3 is 15.0 Å². The molecule has 1 aromatic carbocycles. The van der Waals surface area contributed by atoms with Crippen LogP contribution in [-0.2, 0) is 22.6 Å². The van der Waals surface area contributed by atoms with Crippen molar-refractivity contribution in [1.82, 2.24) is 15.2 Å². The van der Waals surface area contributed by atoms with Gasteiger partial charge in [-0.05, 0) is 17.5 Å². The number of amides is 2. The van der Waals surface area contributed by atoms with Crippen LogP contribution in [0.4, 0.5) is 0 Å². The molecule has 0 radical (unpaired) electrons. The highest BCUT2D eigenvalue weighted by molar-refractivity contribution is 5.89. The summed E-state index contributed by atoms with van der Waals surface area (Å²) in [6, 6.07) is 13.7. The van der Waals surface area contributed by atoms with Gasteiger partial charge in [-0.1, -0.05) is 36.4 Å². The van der Waals surface area contributed by atoms with Crippen LogP contribution in [-0.4, -0.2) is 41.9 Å². The lowest BCUT2D eigenvalue weighted by Gasteiger charge is -2.16. The first kappa shape index (κ1) is 17.9. The number of carbonyl (C=O) groups excluding carboxylic acids is 2. The summed E-state index contributed by atoms with van der Waals surface area (Å²) in [6.07, 6.45) is 2.75. The number of rotatable bonds is 7. The molecule has 2 heterocycles. The third kappa shape index (κ3) is 4.59. The highest BCUT2D eigenvalue weighted by atomic mass is 16.5. The molecule has 6 heteroatoms. The monoisotopic (exact) mass is 353 g/mol. The Kier molecular flexibility index (Phi) is 5.84. The summed E-state index contributed by atoms with van der Waals surface area (Å²) in [7, 11) is 1.56. The van der Waals surface area contributed by atoms with Crippen molar-refractivity contribution in [2.75, 3.05) is 20.2 Å². The number of nitrogens with zero attached hydrogens (tertiary/aromatic N) is 2. The number of benzene rings is 1. The van der Waals surface area contributed by atoms with Gasteiger partial charge in [-0.2, -0.15) is 0 Å². The zero-order valence-corrected chi connectivity index (χ0v) is 14.9. The van der Waals surface area contributed by atoms with E-state index in [0.29, 0.717) is 25.5 Å². The van der Waals surface area contributed by atoms with E-state index in [1.54, 1.807) is 24.3 Å². The average Bonchev–Trinajstić information content (AvgIpc) is 3.06. The minimum atomic E-state index is -0.288. The first-order valence-corrected chi connectivity index (χ1v) is 8.74. The van der Waals surface area contributed by atoms with E-state index >= 15 is 0 Å². The van der Waals surface area contributed by atoms with Crippen molar-refractivity contribution in [2.24, 2.45) is 5.92 Å². The molecule has 1 fully saturated rings. The Morgan fingerprint density at radius 1 is 1.23 bits per heavy atom. The number of ether oxygens (including phenoxy) is 1. The topological polar surface area (TPSA) is 71.5 Å². The van der Waals surface area contributed by atoms with Gasteiger partial charge in [0.1, 0.15) is 0 Å². The number of methoxy groups -OCH3 is 1. The van der Waals surface area contributed by atoms with Gasteiger partial charge in [0.2, 0.25) is 17.7 Å². The Morgan fingerprint density at radius 2 is 2.04 bits per heavy atom. The summed E-state index contributed by atoms with van der Waals surface area (Å²) >= 11 is 0. The lowest BCUT2D eigenvalue weighted by molar-refractivity contribution is -0.129. The Morgan fingerprint density at radius 3 is 2.73 bits per heavy atom. The molecule has 1 atom stereocenters. The lowest BCUT2D eigenvalue weighted by atomic mass is 10.1. The fourth-order valence-corrected chi connectivity index (χ4v) is 3.04. The molecule has 1 saturated heterocycles. The molecular weight excluding hydrogens is 330 g/mol. The van der Waals surface area contributed by atoms with Gasteiger partial charge in [0, 0.05) is 38.3 Å². The Labute approximate surface area is 153 Å². The van der Waals surface area contributed by atoms with Gasteiger partial charge in [0.15, 0.2) is 0 Å². The molecule has 1 aromatic heterocycles. The highest BCUT2D eigenvalue weighted by Gasteiger charge is 2.33. The smallest absolute Gasteiger partial charge is 0.225 e. The molecule has 0 saturated carbocycles. The van der Waals surface area contributed by atoms with E-state index in [4.69, 9.17) is 4.74 Å². The molecule has 26 heavy (non-hydrogen) atoms. The van der Waals surface area contributed by atoms with E-state index in [9.17, 15) is 9.59 Å². The Balaban J connectivity index is 1.47. The van der Waals surface area contributed by atoms with Gasteiger partial charge in [0.05, 0.1) is 13.0 Å². The van der Waals surface area contributed by atoms with Crippen molar-refractivity contribution in [1.29, 1.82) is 0 Å². The standard InChI is InChI=1S/C20H23N3O3/c1-26-18-8-7-16(12-21-18)13-22-20(25)17-11-19(24)23(14-17)10-9-15-5-3-2-4-6-15/h2-8,12,17H,9-11,13-14H2,1H3,(H,22,25). The van der Waals surface area contributed by atoms with Crippen molar-refractivity contribution in [2.45, 2.75) is 19.4 Å². The van der Waals surface area contributed by atoms with Crippen LogP contribution in [0.25, 0.3) is 0 Å². The molecular formula is C20H23N3O3. The molecule has 0 aliphatic carbocycles. The molecule has 136 valence electrons. The summed E-state index contributed by atoms with van der Waals surface area (Å²) in [5, 5.41) is 2.89. The average molecular weight is 353 g/mol. The fourth-order valence-electron chi connectivity index (χ4n) is 3.04. The number of pyridine rings is 1. The summed E-state index contributed by atoms with van der Waals surface area (Å²) < 4.78 is 5.01. The largest absolute Gasteiger partial charge is 0.481 e. The van der Waals surface area contributed by atoms with Crippen LogP contribution < -0.4 is 10.1 Å². The van der Waals surface area contributed by atoms with Crippen LogP contribution in [0.3, 0.4) is 0 Å². The number of nitrogens with one attached hydrogen (secondary N) is 1. The molecule has 1 N–H and O–H groups in total. The summed E-state index contributed by atoms with van der Waals surface area (Å²) in [5.74, 6) is 0.212. The van der Waals surface area contributed by atoms with Gasteiger partial charge in [-0.15, -0.1) is 0 Å². The van der Waals surface area contributed by atoms with E-state index in [1.165, 1.54) is 5.56 Å². The van der Waals surface area contributed by atoms with E-state index < -0.39 is 0 Å². The molecule has 1 aliphatic heterocycles. The van der Waals surface area contributed by atoms with E-state index in [2.05, 4.69) is 10.3 Å². The van der Waals surface area contributed by atoms with Crippen molar-refractivity contribution in [3.8, 4) is 5.88 Å². The van der Waals surface area contributed by atoms with Crippen LogP contribution in [0.15, 0.2) is 48.7 Å². The molecule has 6 nitrogen and oxygen atoms in total. The van der Waals surface area contributed by atoms with Crippen LogP contribution >= 0.6 is 0 Å². The zero-order valence-electron chi connectivity index (χ0n) is 14.9. The summed E-state index contributed by atoms with van der Waals surface area (Å²) in [6.45, 7) is 1.53. The normalized spacial score (nSPS) is 16.6.